The number of Topliss-reactive ketones (excluding diaryl/α,β-unsaturated/α-hetero) is 1. The van der Waals surface area contributed by atoms with E-state index in [-0.39, 0.29) is 42.5 Å². The minimum atomic E-state index is -0.334. The Hall–Kier alpha value is -4.06. The molecule has 1 aliphatic rings. The number of nitrogens with zero attached hydrogens (tertiary/aromatic N) is 3. The molecule has 1 heterocycles. The number of fused-ring (bicyclic) bond motifs is 1. The van der Waals surface area contributed by atoms with Gasteiger partial charge >= 0.3 is 0 Å². The zero-order valence-corrected chi connectivity index (χ0v) is 23.3. The number of ether oxygens (including phenoxy) is 2. The molecule has 0 aromatic heterocycles. The number of ketones is 1. The molecule has 2 aromatic rings. The second-order valence-electron chi connectivity index (χ2n) is 10.5. The molecule has 0 spiro atoms. The highest BCUT2D eigenvalue weighted by Crippen LogP contribution is 2.40. The maximum absolute atomic E-state index is 13.6. The fourth-order valence-electron chi connectivity index (χ4n) is 4.48. The Balaban J connectivity index is 1.94. The Morgan fingerprint density at radius 2 is 1.89 bits per heavy atom. The number of hydrogen-bond donors (Lipinski definition) is 2. The van der Waals surface area contributed by atoms with E-state index in [0.29, 0.717) is 41.3 Å². The van der Waals surface area contributed by atoms with Crippen molar-refractivity contribution in [2.75, 3.05) is 45.8 Å². The van der Waals surface area contributed by atoms with Crippen LogP contribution in [0.15, 0.2) is 24.3 Å². The summed E-state index contributed by atoms with van der Waals surface area (Å²) in [5, 5.41) is 20.5. The number of nitrogens with one attached hydrogen (secondary N) is 2. The molecule has 0 unspecified atom stereocenters. The summed E-state index contributed by atoms with van der Waals surface area (Å²) in [5.74, 6) is 1.19. The minimum absolute atomic E-state index is 0.0249. The standard InChI is InChI=1S/C29H37N5O4/c1-8-37-25-14-20-16-34(28(31)21(20)11-19(25)15-26(36)32-5)17-24(35)18-12-22(29(2,3)4)27(38-10-9-30)23(13-18)33(6)7/h11-14,31H,8,10,15-17H2,1-7H3,(H,32,36). The van der Waals surface area contributed by atoms with Gasteiger partial charge in [0.15, 0.2) is 12.4 Å². The average molecular weight is 520 g/mol. The molecule has 202 valence electrons. The molecule has 0 radical (unpaired) electrons. The predicted octanol–water partition coefficient (Wildman–Crippen LogP) is 3.66. The summed E-state index contributed by atoms with van der Waals surface area (Å²) in [6.07, 6.45) is 0.147. The molecule has 9 nitrogen and oxygen atoms in total. The Kier molecular flexibility index (Phi) is 8.67. The van der Waals surface area contributed by atoms with Gasteiger partial charge in [0.05, 0.1) is 25.3 Å². The third-order valence-electron chi connectivity index (χ3n) is 6.45. The lowest BCUT2D eigenvalue weighted by molar-refractivity contribution is -0.119. The number of benzene rings is 2. The van der Waals surface area contributed by atoms with Crippen LogP contribution < -0.4 is 19.7 Å². The van der Waals surface area contributed by atoms with Gasteiger partial charge in [-0.15, -0.1) is 0 Å². The summed E-state index contributed by atoms with van der Waals surface area (Å²) in [7, 11) is 5.32. The molecular formula is C29H37N5O4. The van der Waals surface area contributed by atoms with Crippen molar-refractivity contribution in [3.63, 3.8) is 0 Å². The van der Waals surface area contributed by atoms with Crippen LogP contribution in [-0.2, 0) is 23.2 Å². The highest BCUT2D eigenvalue weighted by atomic mass is 16.5. The van der Waals surface area contributed by atoms with Gasteiger partial charge in [-0.2, -0.15) is 5.26 Å². The van der Waals surface area contributed by atoms with E-state index in [1.54, 1.807) is 18.0 Å². The highest BCUT2D eigenvalue weighted by Gasteiger charge is 2.30. The van der Waals surface area contributed by atoms with Gasteiger partial charge < -0.3 is 24.6 Å². The molecule has 2 N–H and O–H groups in total. The van der Waals surface area contributed by atoms with Gasteiger partial charge in [0.2, 0.25) is 5.91 Å². The van der Waals surface area contributed by atoms with Crippen LogP contribution in [-0.4, -0.2) is 63.3 Å². The molecule has 1 aliphatic heterocycles. The van der Waals surface area contributed by atoms with Crippen LogP contribution in [0.2, 0.25) is 0 Å². The van der Waals surface area contributed by atoms with Crippen molar-refractivity contribution < 1.29 is 19.1 Å². The maximum Gasteiger partial charge on any atom is 0.224 e. The largest absolute Gasteiger partial charge is 0.494 e. The van der Waals surface area contributed by atoms with Crippen LogP contribution in [0.5, 0.6) is 11.5 Å². The molecule has 2 aromatic carbocycles. The molecule has 0 saturated carbocycles. The van der Waals surface area contributed by atoms with Crippen molar-refractivity contribution >= 4 is 23.2 Å². The quantitative estimate of drug-likeness (QED) is 0.460. The summed E-state index contributed by atoms with van der Waals surface area (Å²) in [4.78, 5) is 29.2. The summed E-state index contributed by atoms with van der Waals surface area (Å²) in [5.41, 5.74) is 4.03. The first kappa shape index (κ1) is 28.5. The maximum atomic E-state index is 13.6. The van der Waals surface area contributed by atoms with E-state index in [0.717, 1.165) is 16.8 Å². The summed E-state index contributed by atoms with van der Waals surface area (Å²) in [6, 6.07) is 9.34. The number of rotatable bonds is 10. The van der Waals surface area contributed by atoms with E-state index >= 15 is 0 Å². The van der Waals surface area contributed by atoms with Crippen LogP contribution in [0.25, 0.3) is 0 Å². The van der Waals surface area contributed by atoms with E-state index < -0.39 is 0 Å². The average Bonchev–Trinajstić information content (AvgIpc) is 3.15. The summed E-state index contributed by atoms with van der Waals surface area (Å²) >= 11 is 0. The second kappa shape index (κ2) is 11.5. The molecule has 0 aliphatic carbocycles. The van der Waals surface area contributed by atoms with Crippen molar-refractivity contribution in [2.45, 2.75) is 46.1 Å². The lowest BCUT2D eigenvalue weighted by Crippen LogP contribution is -2.30. The Bertz CT molecular complexity index is 1290. The van der Waals surface area contributed by atoms with Crippen LogP contribution >= 0.6 is 0 Å². The third-order valence-corrected chi connectivity index (χ3v) is 6.45. The van der Waals surface area contributed by atoms with Crippen molar-refractivity contribution in [2.24, 2.45) is 0 Å². The van der Waals surface area contributed by atoms with E-state index in [1.165, 1.54) is 0 Å². The van der Waals surface area contributed by atoms with Crippen molar-refractivity contribution in [1.82, 2.24) is 10.2 Å². The Labute approximate surface area is 224 Å². The number of carbonyl (C=O) groups excluding carboxylic acids is 2. The molecule has 0 atom stereocenters. The van der Waals surface area contributed by atoms with Crippen molar-refractivity contribution in [3.8, 4) is 17.6 Å². The molecule has 0 saturated heterocycles. The normalized spacial score (nSPS) is 12.6. The molecule has 1 amide bonds. The third kappa shape index (κ3) is 6.08. The van der Waals surface area contributed by atoms with E-state index in [9.17, 15) is 9.59 Å². The zero-order chi connectivity index (χ0) is 28.2. The van der Waals surface area contributed by atoms with Crippen LogP contribution in [0.3, 0.4) is 0 Å². The number of carbonyl (C=O) groups is 2. The second-order valence-corrected chi connectivity index (χ2v) is 10.5. The summed E-state index contributed by atoms with van der Waals surface area (Å²) in [6.45, 7) is 8.78. The fraction of sp³-hybridized carbons (Fsp3) is 0.448. The number of amides is 1. The van der Waals surface area contributed by atoms with Crippen LogP contribution in [0.1, 0.15) is 60.3 Å². The molecule has 38 heavy (non-hydrogen) atoms. The molecule has 9 heteroatoms. The molecule has 0 bridgehead atoms. The number of amidine groups is 1. The van der Waals surface area contributed by atoms with Crippen molar-refractivity contribution in [3.05, 3.63) is 52.1 Å². The van der Waals surface area contributed by atoms with Gasteiger partial charge in [0, 0.05) is 49.9 Å². The van der Waals surface area contributed by atoms with Gasteiger partial charge in [-0.1, -0.05) is 20.8 Å². The molecular weight excluding hydrogens is 482 g/mol. The topological polar surface area (TPSA) is 119 Å². The monoisotopic (exact) mass is 519 g/mol. The van der Waals surface area contributed by atoms with Gasteiger partial charge in [-0.05, 0) is 42.2 Å². The SMILES string of the molecule is CCOc1cc2c(cc1CC(=O)NC)C(=N)N(CC(=O)c1cc(N(C)C)c(OCC#N)c(C(C)(C)C)c1)C2. The van der Waals surface area contributed by atoms with E-state index in [2.05, 4.69) is 5.32 Å². The first-order chi connectivity index (χ1) is 17.9. The van der Waals surface area contributed by atoms with Crippen molar-refractivity contribution in [1.29, 1.82) is 10.7 Å². The van der Waals surface area contributed by atoms with Gasteiger partial charge in [-0.3, -0.25) is 15.0 Å². The Morgan fingerprint density at radius 3 is 2.47 bits per heavy atom. The van der Waals surface area contributed by atoms with Gasteiger partial charge in [-0.25, -0.2) is 0 Å². The summed E-state index contributed by atoms with van der Waals surface area (Å²) < 4.78 is 11.6. The fourth-order valence-corrected chi connectivity index (χ4v) is 4.48. The number of anilines is 1. The number of hydrogen-bond acceptors (Lipinski definition) is 7. The highest BCUT2D eigenvalue weighted by molar-refractivity contribution is 6.06. The minimum Gasteiger partial charge on any atom is -0.494 e. The lowest BCUT2D eigenvalue weighted by Gasteiger charge is -2.28. The molecule has 3 rings (SSSR count). The molecule has 0 fully saturated rings. The van der Waals surface area contributed by atoms with Crippen LogP contribution in [0.4, 0.5) is 5.69 Å². The van der Waals surface area contributed by atoms with Gasteiger partial charge in [0.25, 0.3) is 0 Å². The number of likely N-dealkylation sites (N-methyl/N-ethyl adjacent to an activating group) is 1. The first-order valence-corrected chi connectivity index (χ1v) is 12.6. The van der Waals surface area contributed by atoms with E-state index in [4.69, 9.17) is 20.1 Å². The Morgan fingerprint density at radius 1 is 1.18 bits per heavy atom. The predicted molar refractivity (Wildman–Crippen MR) is 148 cm³/mol. The van der Waals surface area contributed by atoms with Gasteiger partial charge in [0.1, 0.15) is 23.4 Å². The first-order valence-electron chi connectivity index (χ1n) is 12.6. The lowest BCUT2D eigenvalue weighted by atomic mass is 9.84. The van der Waals surface area contributed by atoms with Crippen LogP contribution in [0, 0.1) is 16.7 Å². The number of nitriles is 1. The smallest absolute Gasteiger partial charge is 0.224 e. The van der Waals surface area contributed by atoms with E-state index in [1.807, 2.05) is 71.0 Å². The zero-order valence-electron chi connectivity index (χ0n) is 23.3.